The maximum Gasteiger partial charge on any atom is 0.338 e. The molecule has 3 aromatic rings. The number of carbonyl (C=O) groups excluding carboxylic acids is 2. The fourth-order valence-corrected chi connectivity index (χ4v) is 2.47. The molecule has 0 unspecified atom stereocenters. The van der Waals surface area contributed by atoms with Gasteiger partial charge in [-0.1, -0.05) is 18.2 Å². The summed E-state index contributed by atoms with van der Waals surface area (Å²) >= 11 is 0. The van der Waals surface area contributed by atoms with Crippen LogP contribution in [0.5, 0.6) is 0 Å². The van der Waals surface area contributed by atoms with E-state index in [9.17, 15) is 9.59 Å². The van der Waals surface area contributed by atoms with E-state index >= 15 is 0 Å². The first-order valence-electron chi connectivity index (χ1n) is 8.31. The van der Waals surface area contributed by atoms with Gasteiger partial charge >= 0.3 is 5.97 Å². The van der Waals surface area contributed by atoms with E-state index in [1.165, 1.54) is 0 Å². The molecule has 1 heterocycles. The zero-order chi connectivity index (χ0) is 18.4. The average molecular weight is 349 g/mol. The molecule has 0 aliphatic rings. The number of nitrogens with one attached hydrogen (secondary N) is 1. The minimum atomic E-state index is -0.376. The molecular weight excluding hydrogens is 330 g/mol. The van der Waals surface area contributed by atoms with Crippen LogP contribution in [0, 0.1) is 0 Å². The standard InChI is InChI=1S/C20H19N3O3/c1-2-26-20(25)16-8-10-17(11-9-16)22-19(24)12-15-13-21-23(14-15)18-6-4-3-5-7-18/h3-11,13-14H,2,12H2,1H3,(H,22,24). The Morgan fingerprint density at radius 2 is 1.81 bits per heavy atom. The first-order chi connectivity index (χ1) is 12.7. The van der Waals surface area contributed by atoms with Gasteiger partial charge in [0.1, 0.15) is 0 Å². The lowest BCUT2D eigenvalue weighted by Crippen LogP contribution is -2.14. The molecule has 0 aliphatic heterocycles. The number of rotatable bonds is 6. The highest BCUT2D eigenvalue weighted by Crippen LogP contribution is 2.12. The molecule has 0 bridgehead atoms. The van der Waals surface area contributed by atoms with Crippen molar-refractivity contribution in [1.82, 2.24) is 9.78 Å². The summed E-state index contributed by atoms with van der Waals surface area (Å²) in [5.41, 5.74) is 2.83. The summed E-state index contributed by atoms with van der Waals surface area (Å²) in [5.74, 6) is -0.528. The fraction of sp³-hybridized carbons (Fsp3) is 0.150. The number of hydrogen-bond acceptors (Lipinski definition) is 4. The third kappa shape index (κ3) is 4.36. The van der Waals surface area contributed by atoms with Gasteiger partial charge in [-0.05, 0) is 48.9 Å². The minimum Gasteiger partial charge on any atom is -0.462 e. The van der Waals surface area contributed by atoms with Crippen molar-refractivity contribution in [1.29, 1.82) is 0 Å². The number of hydrogen-bond donors (Lipinski definition) is 1. The first-order valence-corrected chi connectivity index (χ1v) is 8.31. The molecule has 6 nitrogen and oxygen atoms in total. The number of amides is 1. The molecule has 1 aromatic heterocycles. The van der Waals surface area contributed by atoms with E-state index in [2.05, 4.69) is 10.4 Å². The molecule has 0 atom stereocenters. The Hall–Kier alpha value is -3.41. The molecule has 0 radical (unpaired) electrons. The van der Waals surface area contributed by atoms with E-state index in [0.29, 0.717) is 17.9 Å². The molecule has 0 fully saturated rings. The van der Waals surface area contributed by atoms with Gasteiger partial charge in [0.05, 0.1) is 30.5 Å². The van der Waals surface area contributed by atoms with Crippen LogP contribution in [0.1, 0.15) is 22.8 Å². The quantitative estimate of drug-likeness (QED) is 0.694. The maximum absolute atomic E-state index is 12.2. The predicted molar refractivity (Wildman–Crippen MR) is 98.3 cm³/mol. The second-order valence-corrected chi connectivity index (χ2v) is 5.65. The SMILES string of the molecule is CCOC(=O)c1ccc(NC(=O)Cc2cnn(-c3ccccc3)c2)cc1. The third-order valence-electron chi connectivity index (χ3n) is 3.70. The van der Waals surface area contributed by atoms with Crippen LogP contribution >= 0.6 is 0 Å². The Labute approximate surface area is 151 Å². The Bertz CT molecular complexity index is 886. The molecule has 1 N–H and O–H groups in total. The monoisotopic (exact) mass is 349 g/mol. The molecule has 0 saturated heterocycles. The summed E-state index contributed by atoms with van der Waals surface area (Å²) in [4.78, 5) is 23.8. The van der Waals surface area contributed by atoms with E-state index < -0.39 is 0 Å². The number of aromatic nitrogens is 2. The van der Waals surface area contributed by atoms with Gasteiger partial charge in [0.25, 0.3) is 0 Å². The summed E-state index contributed by atoms with van der Waals surface area (Å²) in [5, 5.41) is 7.09. The molecule has 0 spiro atoms. The van der Waals surface area contributed by atoms with Crippen LogP contribution in [-0.4, -0.2) is 28.3 Å². The zero-order valence-electron chi connectivity index (χ0n) is 14.4. The molecule has 0 saturated carbocycles. The Balaban J connectivity index is 1.59. The van der Waals surface area contributed by atoms with E-state index in [-0.39, 0.29) is 18.3 Å². The number of carbonyl (C=O) groups is 2. The molecular formula is C20H19N3O3. The van der Waals surface area contributed by atoms with Gasteiger partial charge in [-0.25, -0.2) is 9.48 Å². The van der Waals surface area contributed by atoms with E-state index in [4.69, 9.17) is 4.74 Å². The van der Waals surface area contributed by atoms with E-state index in [0.717, 1.165) is 11.3 Å². The number of para-hydroxylation sites is 1. The molecule has 3 rings (SSSR count). The smallest absolute Gasteiger partial charge is 0.338 e. The van der Waals surface area contributed by atoms with Gasteiger partial charge in [-0.15, -0.1) is 0 Å². The lowest BCUT2D eigenvalue weighted by Gasteiger charge is -2.06. The van der Waals surface area contributed by atoms with Crippen molar-refractivity contribution in [2.45, 2.75) is 13.3 Å². The zero-order valence-corrected chi connectivity index (χ0v) is 14.4. The van der Waals surface area contributed by atoms with Crippen molar-refractivity contribution in [3.63, 3.8) is 0 Å². The number of nitrogens with zero attached hydrogens (tertiary/aromatic N) is 2. The summed E-state index contributed by atoms with van der Waals surface area (Å²) < 4.78 is 6.66. The highest BCUT2D eigenvalue weighted by atomic mass is 16.5. The number of benzene rings is 2. The van der Waals surface area contributed by atoms with Gasteiger partial charge in [0.15, 0.2) is 0 Å². The van der Waals surface area contributed by atoms with Crippen LogP contribution in [0.3, 0.4) is 0 Å². The maximum atomic E-state index is 12.2. The third-order valence-corrected chi connectivity index (χ3v) is 3.70. The fourth-order valence-electron chi connectivity index (χ4n) is 2.47. The van der Waals surface area contributed by atoms with Crippen molar-refractivity contribution in [3.05, 3.63) is 78.1 Å². The highest BCUT2D eigenvalue weighted by molar-refractivity contribution is 5.93. The Morgan fingerprint density at radius 3 is 2.50 bits per heavy atom. The van der Waals surface area contributed by atoms with Gasteiger partial charge in [0, 0.05) is 11.9 Å². The van der Waals surface area contributed by atoms with E-state index in [1.807, 2.05) is 36.5 Å². The predicted octanol–water partition coefficient (Wildman–Crippen LogP) is 3.23. The van der Waals surface area contributed by atoms with Gasteiger partial charge in [-0.2, -0.15) is 5.10 Å². The van der Waals surface area contributed by atoms with Crippen molar-refractivity contribution in [2.24, 2.45) is 0 Å². The summed E-state index contributed by atoms with van der Waals surface area (Å²) in [6.07, 6.45) is 3.72. The van der Waals surface area contributed by atoms with Crippen LogP contribution < -0.4 is 5.32 Å². The van der Waals surface area contributed by atoms with Gasteiger partial charge in [0.2, 0.25) is 5.91 Å². The molecule has 0 aliphatic carbocycles. The van der Waals surface area contributed by atoms with Crippen LogP contribution in [0.25, 0.3) is 5.69 Å². The van der Waals surface area contributed by atoms with Crippen molar-refractivity contribution < 1.29 is 14.3 Å². The summed E-state index contributed by atoms with van der Waals surface area (Å²) in [6.45, 7) is 2.08. The van der Waals surface area contributed by atoms with Gasteiger partial charge < -0.3 is 10.1 Å². The van der Waals surface area contributed by atoms with Crippen molar-refractivity contribution >= 4 is 17.6 Å². The average Bonchev–Trinajstić information content (AvgIpc) is 3.11. The van der Waals surface area contributed by atoms with Crippen LogP contribution in [0.2, 0.25) is 0 Å². The molecule has 132 valence electrons. The lowest BCUT2D eigenvalue weighted by molar-refractivity contribution is -0.115. The van der Waals surface area contributed by atoms with Crippen LogP contribution in [-0.2, 0) is 16.0 Å². The largest absolute Gasteiger partial charge is 0.462 e. The first kappa shape index (κ1) is 17.4. The van der Waals surface area contributed by atoms with Gasteiger partial charge in [-0.3, -0.25) is 4.79 Å². The molecule has 2 aromatic carbocycles. The van der Waals surface area contributed by atoms with Crippen LogP contribution in [0.15, 0.2) is 67.0 Å². The summed E-state index contributed by atoms with van der Waals surface area (Å²) in [6, 6.07) is 16.3. The second kappa shape index (κ2) is 8.11. The molecule has 26 heavy (non-hydrogen) atoms. The molecule has 6 heteroatoms. The Kier molecular flexibility index (Phi) is 5.43. The second-order valence-electron chi connectivity index (χ2n) is 5.65. The molecule has 1 amide bonds. The number of anilines is 1. The normalized spacial score (nSPS) is 10.3. The van der Waals surface area contributed by atoms with Crippen molar-refractivity contribution in [3.8, 4) is 5.69 Å². The highest BCUT2D eigenvalue weighted by Gasteiger charge is 2.09. The summed E-state index contributed by atoms with van der Waals surface area (Å²) in [7, 11) is 0. The van der Waals surface area contributed by atoms with Crippen LogP contribution in [0.4, 0.5) is 5.69 Å². The Morgan fingerprint density at radius 1 is 1.08 bits per heavy atom. The number of ether oxygens (including phenoxy) is 1. The topological polar surface area (TPSA) is 73.2 Å². The van der Waals surface area contributed by atoms with E-state index in [1.54, 1.807) is 42.1 Å². The van der Waals surface area contributed by atoms with Crippen molar-refractivity contribution in [2.75, 3.05) is 11.9 Å². The lowest BCUT2D eigenvalue weighted by atomic mass is 10.2. The minimum absolute atomic E-state index is 0.151. The number of esters is 1.